The predicted octanol–water partition coefficient (Wildman–Crippen LogP) is 4.88. The van der Waals surface area contributed by atoms with Crippen LogP contribution in [0, 0.1) is 6.92 Å². The number of unbranched alkanes of at least 4 members (excludes halogenated alkanes) is 1. The van der Waals surface area contributed by atoms with E-state index in [-0.39, 0.29) is 23.0 Å². The fourth-order valence-corrected chi connectivity index (χ4v) is 2.70. The molecule has 0 amide bonds. The van der Waals surface area contributed by atoms with Crippen molar-refractivity contribution in [3.63, 3.8) is 0 Å². The summed E-state index contributed by atoms with van der Waals surface area (Å²) in [5.41, 5.74) is 1.30. The van der Waals surface area contributed by atoms with E-state index in [9.17, 15) is 9.59 Å². The highest BCUT2D eigenvalue weighted by Gasteiger charge is 2.21. The summed E-state index contributed by atoms with van der Waals surface area (Å²) < 4.78 is 15.9. The molecule has 0 N–H and O–H groups in total. The molecule has 0 saturated heterocycles. The van der Waals surface area contributed by atoms with Crippen LogP contribution in [0.25, 0.3) is 0 Å². The quantitative estimate of drug-likeness (QED) is 0.347. The fraction of sp³-hybridized carbons (Fsp3) is 0.333. The molecule has 0 aliphatic heterocycles. The minimum atomic E-state index is -0.701. The molecule has 0 fully saturated rings. The summed E-state index contributed by atoms with van der Waals surface area (Å²) >= 11 is 6.10. The smallest absolute Gasteiger partial charge is 0.343 e. The van der Waals surface area contributed by atoms with Crippen molar-refractivity contribution < 1.29 is 23.8 Å². The van der Waals surface area contributed by atoms with Crippen LogP contribution >= 0.6 is 11.6 Å². The van der Waals surface area contributed by atoms with Crippen LogP contribution in [-0.2, 0) is 4.74 Å². The number of ether oxygens (including phenoxy) is 3. The van der Waals surface area contributed by atoms with Crippen molar-refractivity contribution >= 4 is 23.4 Å². The Hall–Kier alpha value is -2.53. The molecule has 27 heavy (non-hydrogen) atoms. The van der Waals surface area contributed by atoms with Crippen molar-refractivity contribution in [2.75, 3.05) is 20.3 Å². The molecule has 0 aliphatic rings. The summed E-state index contributed by atoms with van der Waals surface area (Å²) in [6.45, 7) is 4.13. The molecular formula is C21H23ClO5. The molecule has 2 aromatic rings. The Morgan fingerprint density at radius 3 is 2.41 bits per heavy atom. The average molecular weight is 391 g/mol. The maximum absolute atomic E-state index is 12.4. The van der Waals surface area contributed by atoms with Gasteiger partial charge in [0.15, 0.2) is 12.4 Å². The van der Waals surface area contributed by atoms with Crippen molar-refractivity contribution in [2.24, 2.45) is 0 Å². The van der Waals surface area contributed by atoms with Gasteiger partial charge in [-0.05, 0) is 49.2 Å². The molecule has 6 heteroatoms. The number of halogens is 1. The number of hydrogen-bond acceptors (Lipinski definition) is 5. The summed E-state index contributed by atoms with van der Waals surface area (Å²) in [7, 11) is 1.45. The van der Waals surface area contributed by atoms with Gasteiger partial charge in [-0.15, -0.1) is 0 Å². The number of rotatable bonds is 9. The van der Waals surface area contributed by atoms with Crippen molar-refractivity contribution in [1.82, 2.24) is 0 Å². The number of aryl methyl sites for hydroxylation is 1. The molecule has 2 aromatic carbocycles. The van der Waals surface area contributed by atoms with Crippen LogP contribution < -0.4 is 9.47 Å². The molecule has 0 radical (unpaired) electrons. The van der Waals surface area contributed by atoms with E-state index in [4.69, 9.17) is 25.8 Å². The van der Waals surface area contributed by atoms with E-state index in [1.54, 1.807) is 43.3 Å². The van der Waals surface area contributed by atoms with Crippen LogP contribution in [0.2, 0.25) is 5.02 Å². The molecule has 2 rings (SSSR count). The summed E-state index contributed by atoms with van der Waals surface area (Å²) in [6.07, 6.45) is 2.03. The number of hydrogen-bond donors (Lipinski definition) is 0. The van der Waals surface area contributed by atoms with Gasteiger partial charge in [-0.1, -0.05) is 31.0 Å². The number of Topliss-reactive ketones (excluding diaryl/α,β-unsaturated/α-hetero) is 1. The summed E-state index contributed by atoms with van der Waals surface area (Å²) in [5, 5.41) is 0.212. The number of benzene rings is 2. The number of esters is 1. The van der Waals surface area contributed by atoms with Crippen molar-refractivity contribution in [1.29, 1.82) is 0 Å². The highest BCUT2D eigenvalue weighted by molar-refractivity contribution is 6.34. The standard InChI is InChI=1S/C21H23ClO5/c1-4-5-12-26-16-9-7-15(8-10-16)18(23)13-27-21(24)19-17(22)11-6-14(2)20(19)25-3/h6-11H,4-5,12-13H2,1-3H3. The average Bonchev–Trinajstić information content (AvgIpc) is 2.68. The molecule has 0 bridgehead atoms. The van der Waals surface area contributed by atoms with Crippen LogP contribution in [0.1, 0.15) is 46.0 Å². The molecule has 0 atom stereocenters. The van der Waals surface area contributed by atoms with E-state index in [1.807, 2.05) is 0 Å². The van der Waals surface area contributed by atoms with E-state index in [1.165, 1.54) is 7.11 Å². The molecule has 0 aliphatic carbocycles. The Morgan fingerprint density at radius 2 is 1.78 bits per heavy atom. The topological polar surface area (TPSA) is 61.8 Å². The first-order valence-electron chi connectivity index (χ1n) is 8.74. The second kappa shape index (κ2) is 9.97. The van der Waals surface area contributed by atoms with E-state index in [0.717, 1.165) is 18.4 Å². The van der Waals surface area contributed by atoms with Crippen molar-refractivity contribution in [3.8, 4) is 11.5 Å². The van der Waals surface area contributed by atoms with Gasteiger partial charge in [-0.3, -0.25) is 4.79 Å². The first-order valence-corrected chi connectivity index (χ1v) is 9.12. The molecular weight excluding hydrogens is 368 g/mol. The van der Waals surface area contributed by atoms with Crippen LogP contribution in [0.15, 0.2) is 36.4 Å². The van der Waals surface area contributed by atoms with Crippen molar-refractivity contribution in [2.45, 2.75) is 26.7 Å². The lowest BCUT2D eigenvalue weighted by atomic mass is 10.1. The van der Waals surface area contributed by atoms with Gasteiger partial charge in [0.2, 0.25) is 0 Å². The zero-order chi connectivity index (χ0) is 19.8. The highest BCUT2D eigenvalue weighted by Crippen LogP contribution is 2.30. The van der Waals surface area contributed by atoms with Gasteiger partial charge in [-0.2, -0.15) is 0 Å². The molecule has 0 spiro atoms. The van der Waals surface area contributed by atoms with Crippen LogP contribution in [0.3, 0.4) is 0 Å². The van der Waals surface area contributed by atoms with Gasteiger partial charge < -0.3 is 14.2 Å². The molecule has 5 nitrogen and oxygen atoms in total. The Labute approximate surface area is 164 Å². The lowest BCUT2D eigenvalue weighted by molar-refractivity contribution is 0.0471. The monoisotopic (exact) mass is 390 g/mol. The lowest BCUT2D eigenvalue weighted by Crippen LogP contribution is -2.15. The second-order valence-electron chi connectivity index (χ2n) is 6.00. The Morgan fingerprint density at radius 1 is 1.07 bits per heavy atom. The largest absolute Gasteiger partial charge is 0.496 e. The number of methoxy groups -OCH3 is 1. The molecule has 144 valence electrons. The number of ketones is 1. The normalized spacial score (nSPS) is 10.4. The summed E-state index contributed by atoms with van der Waals surface area (Å²) in [6, 6.07) is 10.1. The molecule has 0 heterocycles. The zero-order valence-corrected chi connectivity index (χ0v) is 16.5. The third kappa shape index (κ3) is 5.47. The van der Waals surface area contributed by atoms with Crippen molar-refractivity contribution in [3.05, 3.63) is 58.1 Å². The Balaban J connectivity index is 1.99. The molecule has 0 unspecified atom stereocenters. The number of carbonyl (C=O) groups is 2. The van der Waals surface area contributed by atoms with E-state index in [2.05, 4.69) is 6.92 Å². The third-order valence-corrected chi connectivity index (χ3v) is 4.30. The van der Waals surface area contributed by atoms with E-state index in [0.29, 0.717) is 23.7 Å². The van der Waals surface area contributed by atoms with Crippen LogP contribution in [-0.4, -0.2) is 32.1 Å². The zero-order valence-electron chi connectivity index (χ0n) is 15.7. The molecule has 0 saturated carbocycles. The second-order valence-corrected chi connectivity index (χ2v) is 6.41. The van der Waals surface area contributed by atoms with Crippen LogP contribution in [0.5, 0.6) is 11.5 Å². The third-order valence-electron chi connectivity index (χ3n) is 3.99. The first-order chi connectivity index (χ1) is 13.0. The Kier molecular flexibility index (Phi) is 7.67. The van der Waals surface area contributed by atoms with Gasteiger partial charge in [0, 0.05) is 5.56 Å². The maximum Gasteiger partial charge on any atom is 0.343 e. The van der Waals surface area contributed by atoms with Crippen LogP contribution in [0.4, 0.5) is 0 Å². The minimum Gasteiger partial charge on any atom is -0.496 e. The van der Waals surface area contributed by atoms with Gasteiger partial charge in [-0.25, -0.2) is 4.79 Å². The highest BCUT2D eigenvalue weighted by atomic mass is 35.5. The summed E-state index contributed by atoms with van der Waals surface area (Å²) in [5.74, 6) is 0.0291. The van der Waals surface area contributed by atoms with Gasteiger partial charge in [0.25, 0.3) is 0 Å². The number of carbonyl (C=O) groups excluding carboxylic acids is 2. The van der Waals surface area contributed by atoms with E-state index >= 15 is 0 Å². The Bertz CT molecular complexity index is 799. The van der Waals surface area contributed by atoms with Gasteiger partial charge >= 0.3 is 5.97 Å². The lowest BCUT2D eigenvalue weighted by Gasteiger charge is -2.12. The minimum absolute atomic E-state index is 0.117. The maximum atomic E-state index is 12.4. The SMILES string of the molecule is CCCCOc1ccc(C(=O)COC(=O)c2c(Cl)ccc(C)c2OC)cc1. The summed E-state index contributed by atoms with van der Waals surface area (Å²) in [4.78, 5) is 24.7. The first kappa shape index (κ1) is 20.8. The van der Waals surface area contributed by atoms with E-state index < -0.39 is 5.97 Å². The van der Waals surface area contributed by atoms with Gasteiger partial charge in [0.05, 0.1) is 18.7 Å². The predicted molar refractivity (Wildman–Crippen MR) is 104 cm³/mol. The fourth-order valence-electron chi connectivity index (χ4n) is 2.47. The molecule has 0 aromatic heterocycles. The van der Waals surface area contributed by atoms with Gasteiger partial charge in [0.1, 0.15) is 17.1 Å².